The Bertz CT molecular complexity index is 150. The van der Waals surface area contributed by atoms with Crippen molar-refractivity contribution in [3.63, 3.8) is 0 Å². The van der Waals surface area contributed by atoms with Gasteiger partial charge in [-0.2, -0.15) is 10.2 Å². The van der Waals surface area contributed by atoms with Gasteiger partial charge in [0, 0.05) is 24.0 Å². The van der Waals surface area contributed by atoms with Gasteiger partial charge in [0.15, 0.2) is 0 Å². The van der Waals surface area contributed by atoms with E-state index in [4.69, 9.17) is 9.90 Å². The lowest BCUT2D eigenvalue weighted by Gasteiger charge is -1.69. The molecule has 0 atom stereocenters. The van der Waals surface area contributed by atoms with E-state index in [1.807, 2.05) is 12.1 Å². The Hall–Kier alpha value is -1.16. The molecule has 0 unspecified atom stereocenters. The first kappa shape index (κ1) is 8.84. The van der Waals surface area contributed by atoms with Gasteiger partial charge in [-0.3, -0.25) is 0 Å². The minimum Gasteiger partial charge on any atom is -0.469 e. The fraction of sp³-hybridized carbons (Fsp3) is 0. The lowest BCUT2D eigenvalue weighted by atomic mass is 10.6. The molecular weight excluding hydrogens is 156 g/mol. The van der Waals surface area contributed by atoms with Gasteiger partial charge in [-0.25, -0.2) is 4.79 Å². The van der Waals surface area contributed by atoms with Gasteiger partial charge in [-0.1, -0.05) is 0 Å². The second kappa shape index (κ2) is 5.97. The van der Waals surface area contributed by atoms with Crippen molar-refractivity contribution in [2.75, 3.05) is 0 Å². The van der Waals surface area contributed by atoms with Crippen molar-refractivity contribution < 1.29 is 9.90 Å². The van der Waals surface area contributed by atoms with Crippen LogP contribution in [0.3, 0.4) is 0 Å². The number of rotatable bonds is 0. The number of aromatic nitrogens is 2. The molecular formula is C5H5ClN2O2. The van der Waals surface area contributed by atoms with E-state index >= 15 is 0 Å². The van der Waals surface area contributed by atoms with Crippen molar-refractivity contribution in [1.29, 1.82) is 0 Å². The van der Waals surface area contributed by atoms with Crippen LogP contribution in [0.2, 0.25) is 0 Å². The molecule has 0 aliphatic carbocycles. The van der Waals surface area contributed by atoms with Gasteiger partial charge in [0.25, 0.3) is 0 Å². The number of nitrogens with zero attached hydrogens (tertiary/aromatic N) is 2. The summed E-state index contributed by atoms with van der Waals surface area (Å²) in [5.74, 6) is 0. The van der Waals surface area contributed by atoms with E-state index in [0.29, 0.717) is 0 Å². The summed E-state index contributed by atoms with van der Waals surface area (Å²) in [5, 5.41) is 14.3. The Morgan fingerprint density at radius 3 is 1.70 bits per heavy atom. The molecule has 0 saturated carbocycles. The standard InChI is InChI=1S/C4H4N2.CHClO2/c1-2-4-6-5-3-1;2-1(3)4/h1-4H;(H,3,4). The van der Waals surface area contributed by atoms with Crippen LogP contribution in [0, 0.1) is 0 Å². The largest absolute Gasteiger partial charge is 0.469 e. The number of hydrogen-bond donors (Lipinski definition) is 1. The molecule has 0 saturated heterocycles. The van der Waals surface area contributed by atoms with E-state index in [2.05, 4.69) is 21.8 Å². The highest BCUT2D eigenvalue weighted by Gasteiger charge is 1.71. The van der Waals surface area contributed by atoms with Crippen LogP contribution >= 0.6 is 11.6 Å². The maximum absolute atomic E-state index is 8.77. The Labute approximate surface area is 62.5 Å². The number of hydrogen-bond acceptors (Lipinski definition) is 3. The average Bonchev–Trinajstić information content (AvgIpc) is 1.90. The molecule has 54 valence electrons. The third kappa shape index (κ3) is 9.96. The highest BCUT2D eigenvalue weighted by atomic mass is 35.5. The molecule has 1 rings (SSSR count). The van der Waals surface area contributed by atoms with Crippen LogP contribution in [-0.4, -0.2) is 20.7 Å². The van der Waals surface area contributed by atoms with E-state index < -0.39 is 5.43 Å². The topological polar surface area (TPSA) is 63.1 Å². The fourth-order valence-corrected chi connectivity index (χ4v) is 0.253. The van der Waals surface area contributed by atoms with Crippen molar-refractivity contribution in [1.82, 2.24) is 10.2 Å². The summed E-state index contributed by atoms with van der Waals surface area (Å²) in [7, 11) is 0. The molecule has 10 heavy (non-hydrogen) atoms. The molecule has 0 aliphatic heterocycles. The molecule has 1 N–H and O–H groups in total. The van der Waals surface area contributed by atoms with E-state index in [-0.39, 0.29) is 0 Å². The molecule has 0 spiro atoms. The summed E-state index contributed by atoms with van der Waals surface area (Å²) in [5.41, 5.74) is -1.36. The zero-order valence-corrected chi connectivity index (χ0v) is 5.69. The summed E-state index contributed by atoms with van der Waals surface area (Å²) in [6.45, 7) is 0. The van der Waals surface area contributed by atoms with Gasteiger partial charge in [0.2, 0.25) is 0 Å². The van der Waals surface area contributed by atoms with Crippen LogP contribution in [0.15, 0.2) is 24.5 Å². The van der Waals surface area contributed by atoms with Gasteiger partial charge in [-0.15, -0.1) is 0 Å². The second-order valence-electron chi connectivity index (χ2n) is 1.17. The summed E-state index contributed by atoms with van der Waals surface area (Å²) < 4.78 is 0. The normalized spacial score (nSPS) is 7.30. The zero-order chi connectivity index (χ0) is 7.82. The van der Waals surface area contributed by atoms with Crippen LogP contribution in [0.4, 0.5) is 4.79 Å². The Kier molecular flexibility index (Phi) is 5.28. The Morgan fingerprint density at radius 2 is 1.60 bits per heavy atom. The second-order valence-corrected chi connectivity index (χ2v) is 1.49. The highest BCUT2D eigenvalue weighted by molar-refractivity contribution is 6.60. The van der Waals surface area contributed by atoms with Crippen molar-refractivity contribution >= 4 is 17.0 Å². The minimum atomic E-state index is -1.36. The Morgan fingerprint density at radius 1 is 1.30 bits per heavy atom. The molecule has 5 heteroatoms. The highest BCUT2D eigenvalue weighted by Crippen LogP contribution is 1.68. The SMILES string of the molecule is O=C(O)Cl.c1ccnnc1. The smallest absolute Gasteiger partial charge is 0.401 e. The number of carboxylic acid groups (broad SMARTS) is 1. The van der Waals surface area contributed by atoms with E-state index in [1.165, 1.54) is 0 Å². The minimum absolute atomic E-state index is 1.36. The third-order valence-electron chi connectivity index (χ3n) is 0.483. The first-order chi connectivity index (χ1) is 4.73. The number of halogens is 1. The van der Waals surface area contributed by atoms with Crippen molar-refractivity contribution in [2.24, 2.45) is 0 Å². The summed E-state index contributed by atoms with van der Waals surface area (Å²) >= 11 is 4.19. The predicted octanol–water partition coefficient (Wildman–Crippen LogP) is 1.38. The maximum atomic E-state index is 8.77. The molecule has 0 fully saturated rings. The van der Waals surface area contributed by atoms with Gasteiger partial charge in [-0.05, 0) is 12.1 Å². The summed E-state index contributed by atoms with van der Waals surface area (Å²) in [6, 6.07) is 3.65. The maximum Gasteiger partial charge on any atom is 0.401 e. The average molecular weight is 161 g/mol. The van der Waals surface area contributed by atoms with Gasteiger partial charge < -0.3 is 5.11 Å². The monoisotopic (exact) mass is 160 g/mol. The Balaban J connectivity index is 0.000000180. The molecule has 1 aromatic heterocycles. The lowest BCUT2D eigenvalue weighted by Crippen LogP contribution is -1.69. The van der Waals surface area contributed by atoms with Gasteiger partial charge in [0.1, 0.15) is 0 Å². The van der Waals surface area contributed by atoms with Crippen LogP contribution in [0.25, 0.3) is 0 Å². The quantitative estimate of drug-likeness (QED) is 0.583. The first-order valence-corrected chi connectivity index (χ1v) is 2.71. The van der Waals surface area contributed by atoms with Gasteiger partial charge in [0.05, 0.1) is 0 Å². The van der Waals surface area contributed by atoms with E-state index in [1.54, 1.807) is 12.4 Å². The predicted molar refractivity (Wildman–Crippen MR) is 35.9 cm³/mol. The zero-order valence-electron chi connectivity index (χ0n) is 4.94. The molecule has 1 aromatic rings. The van der Waals surface area contributed by atoms with E-state index in [0.717, 1.165) is 0 Å². The third-order valence-corrected chi connectivity index (χ3v) is 0.483. The summed E-state index contributed by atoms with van der Waals surface area (Å²) in [6.07, 6.45) is 3.28. The fourth-order valence-electron chi connectivity index (χ4n) is 0.253. The summed E-state index contributed by atoms with van der Waals surface area (Å²) in [4.78, 5) is 8.77. The molecule has 0 amide bonds. The molecule has 0 bridgehead atoms. The van der Waals surface area contributed by atoms with Crippen molar-refractivity contribution in [3.05, 3.63) is 24.5 Å². The van der Waals surface area contributed by atoms with E-state index in [9.17, 15) is 0 Å². The first-order valence-electron chi connectivity index (χ1n) is 2.33. The molecule has 1 heterocycles. The molecule has 0 aliphatic rings. The molecule has 0 radical (unpaired) electrons. The van der Waals surface area contributed by atoms with Crippen molar-refractivity contribution in [2.45, 2.75) is 0 Å². The van der Waals surface area contributed by atoms with Crippen LogP contribution in [0.5, 0.6) is 0 Å². The number of carbonyl (C=O) groups is 1. The van der Waals surface area contributed by atoms with Crippen LogP contribution < -0.4 is 0 Å². The molecule has 0 aromatic carbocycles. The van der Waals surface area contributed by atoms with Crippen molar-refractivity contribution in [3.8, 4) is 0 Å². The van der Waals surface area contributed by atoms with Crippen LogP contribution in [-0.2, 0) is 0 Å². The van der Waals surface area contributed by atoms with Crippen LogP contribution in [0.1, 0.15) is 0 Å². The lowest BCUT2D eigenvalue weighted by molar-refractivity contribution is 0.220. The van der Waals surface area contributed by atoms with Gasteiger partial charge >= 0.3 is 5.43 Å². The molecule has 4 nitrogen and oxygen atoms in total.